The number of fused-ring (bicyclic) bond motifs is 1. The van der Waals surface area contributed by atoms with Crippen LogP contribution in [0.4, 0.5) is 26.7 Å². The highest BCUT2D eigenvalue weighted by Crippen LogP contribution is 2.36. The SMILES string of the molecule is CC(C)(C)N(C(=O)O)[C@@H](CC(=O)N1CCc2c(nc(-c3cccnc3)nc2C(F)(F)F)C1)CN1CC(F)(F)CCC1=O. The minimum Gasteiger partial charge on any atom is -0.465 e. The van der Waals surface area contributed by atoms with Crippen molar-refractivity contribution in [3.8, 4) is 11.4 Å². The van der Waals surface area contributed by atoms with E-state index >= 15 is 0 Å². The summed E-state index contributed by atoms with van der Waals surface area (Å²) in [6.45, 7) is 2.93. The lowest BCUT2D eigenvalue weighted by Gasteiger charge is -2.43. The van der Waals surface area contributed by atoms with E-state index in [1.807, 2.05) is 0 Å². The van der Waals surface area contributed by atoms with E-state index in [0.717, 1.165) is 9.80 Å². The molecule has 0 aliphatic carbocycles. The van der Waals surface area contributed by atoms with Gasteiger partial charge < -0.3 is 14.9 Å². The number of carboxylic acid groups (broad SMARTS) is 1. The molecule has 228 valence electrons. The average molecular weight is 599 g/mol. The zero-order chi connectivity index (χ0) is 31.0. The van der Waals surface area contributed by atoms with Gasteiger partial charge in [-0.2, -0.15) is 13.2 Å². The lowest BCUT2D eigenvalue weighted by molar-refractivity contribution is -0.149. The average Bonchev–Trinajstić information content (AvgIpc) is 2.88. The highest BCUT2D eigenvalue weighted by Gasteiger charge is 2.44. The second-order valence-electron chi connectivity index (χ2n) is 11.4. The van der Waals surface area contributed by atoms with Crippen molar-refractivity contribution in [2.75, 3.05) is 19.6 Å². The normalized spacial score (nSPS) is 18.0. The summed E-state index contributed by atoms with van der Waals surface area (Å²) in [5.74, 6) is -4.57. The molecule has 1 saturated heterocycles. The lowest BCUT2D eigenvalue weighted by Crippen LogP contribution is -2.58. The second-order valence-corrected chi connectivity index (χ2v) is 11.4. The highest BCUT2D eigenvalue weighted by molar-refractivity contribution is 5.80. The van der Waals surface area contributed by atoms with Crippen molar-refractivity contribution in [2.24, 2.45) is 0 Å². The first-order valence-corrected chi connectivity index (χ1v) is 13.3. The third-order valence-corrected chi connectivity index (χ3v) is 7.22. The summed E-state index contributed by atoms with van der Waals surface area (Å²) in [5.41, 5.74) is -2.08. The molecule has 2 aliphatic heterocycles. The molecule has 10 nitrogen and oxygen atoms in total. The van der Waals surface area contributed by atoms with Crippen LogP contribution in [0.1, 0.15) is 57.0 Å². The van der Waals surface area contributed by atoms with Crippen molar-refractivity contribution < 1.29 is 41.4 Å². The molecule has 1 atom stereocenters. The second kappa shape index (κ2) is 11.4. The van der Waals surface area contributed by atoms with Crippen molar-refractivity contribution in [3.63, 3.8) is 0 Å². The molecule has 15 heteroatoms. The van der Waals surface area contributed by atoms with Crippen LogP contribution >= 0.6 is 0 Å². The quantitative estimate of drug-likeness (QED) is 0.494. The van der Waals surface area contributed by atoms with Crippen LogP contribution in [0.2, 0.25) is 0 Å². The van der Waals surface area contributed by atoms with Crippen LogP contribution in [0, 0.1) is 0 Å². The van der Waals surface area contributed by atoms with Crippen LogP contribution in [0.3, 0.4) is 0 Å². The topological polar surface area (TPSA) is 120 Å². The third-order valence-electron chi connectivity index (χ3n) is 7.22. The summed E-state index contributed by atoms with van der Waals surface area (Å²) in [5, 5.41) is 10.00. The number of nitrogens with zero attached hydrogens (tertiary/aromatic N) is 6. The van der Waals surface area contributed by atoms with E-state index in [9.17, 15) is 41.4 Å². The maximum Gasteiger partial charge on any atom is 0.433 e. The number of amides is 3. The molecule has 42 heavy (non-hydrogen) atoms. The summed E-state index contributed by atoms with van der Waals surface area (Å²) >= 11 is 0. The Morgan fingerprint density at radius 2 is 1.88 bits per heavy atom. The van der Waals surface area contributed by atoms with Crippen molar-refractivity contribution >= 4 is 17.9 Å². The van der Waals surface area contributed by atoms with Crippen LogP contribution in [-0.4, -0.2) is 89.8 Å². The van der Waals surface area contributed by atoms with Crippen molar-refractivity contribution in [1.29, 1.82) is 0 Å². The van der Waals surface area contributed by atoms with Gasteiger partial charge in [0.05, 0.1) is 24.8 Å². The summed E-state index contributed by atoms with van der Waals surface area (Å²) in [6, 6.07) is 1.83. The van der Waals surface area contributed by atoms with Gasteiger partial charge in [-0.15, -0.1) is 0 Å². The first-order chi connectivity index (χ1) is 19.5. The van der Waals surface area contributed by atoms with E-state index in [4.69, 9.17) is 0 Å². The molecule has 0 radical (unpaired) electrons. The van der Waals surface area contributed by atoms with Gasteiger partial charge in [0.25, 0.3) is 5.92 Å². The molecular formula is C27H31F5N6O4. The number of likely N-dealkylation sites (tertiary alicyclic amines) is 1. The summed E-state index contributed by atoms with van der Waals surface area (Å²) in [6.07, 6.45) is -5.16. The van der Waals surface area contributed by atoms with Crippen LogP contribution in [-0.2, 0) is 28.7 Å². The van der Waals surface area contributed by atoms with Gasteiger partial charge in [-0.3, -0.25) is 19.5 Å². The number of rotatable bonds is 6. The number of pyridine rings is 1. The summed E-state index contributed by atoms with van der Waals surface area (Å²) in [7, 11) is 0. The number of carbonyl (C=O) groups excluding carboxylic acids is 2. The Morgan fingerprint density at radius 1 is 1.17 bits per heavy atom. The number of halogens is 5. The monoisotopic (exact) mass is 598 g/mol. The molecule has 2 aromatic heterocycles. The molecule has 4 rings (SSSR count). The maximum atomic E-state index is 14.1. The van der Waals surface area contributed by atoms with E-state index in [1.165, 1.54) is 29.4 Å². The van der Waals surface area contributed by atoms with Crippen LogP contribution in [0.15, 0.2) is 24.5 Å². The van der Waals surface area contributed by atoms with Gasteiger partial charge in [0.15, 0.2) is 11.5 Å². The molecule has 0 aromatic carbocycles. The van der Waals surface area contributed by atoms with Gasteiger partial charge in [0.2, 0.25) is 11.8 Å². The molecule has 0 spiro atoms. The fourth-order valence-electron chi connectivity index (χ4n) is 5.38. The first-order valence-electron chi connectivity index (χ1n) is 13.3. The van der Waals surface area contributed by atoms with Gasteiger partial charge in [0, 0.05) is 61.4 Å². The number of alkyl halides is 5. The fraction of sp³-hybridized carbons (Fsp3) is 0.556. The molecule has 1 fully saturated rings. The lowest BCUT2D eigenvalue weighted by atomic mass is 9.98. The van der Waals surface area contributed by atoms with Gasteiger partial charge in [0.1, 0.15) is 0 Å². The van der Waals surface area contributed by atoms with Gasteiger partial charge in [-0.1, -0.05) is 0 Å². The predicted octanol–water partition coefficient (Wildman–Crippen LogP) is 4.24. The zero-order valence-corrected chi connectivity index (χ0v) is 23.3. The zero-order valence-electron chi connectivity index (χ0n) is 23.3. The van der Waals surface area contributed by atoms with Crippen LogP contribution in [0.5, 0.6) is 0 Å². The Labute approximate surface area is 238 Å². The minimum absolute atomic E-state index is 0.0101. The Morgan fingerprint density at radius 3 is 2.48 bits per heavy atom. The predicted molar refractivity (Wildman–Crippen MR) is 138 cm³/mol. The van der Waals surface area contributed by atoms with Gasteiger partial charge >= 0.3 is 12.3 Å². The first kappa shape index (κ1) is 31.0. The number of carbonyl (C=O) groups is 3. The molecule has 3 amide bonds. The number of aromatic nitrogens is 3. The van der Waals surface area contributed by atoms with Gasteiger partial charge in [-0.05, 0) is 39.3 Å². The number of hydrogen-bond donors (Lipinski definition) is 1. The fourth-order valence-corrected chi connectivity index (χ4v) is 5.38. The van der Waals surface area contributed by atoms with Crippen LogP contribution in [0.25, 0.3) is 11.4 Å². The highest BCUT2D eigenvalue weighted by atomic mass is 19.4. The summed E-state index contributed by atoms with van der Waals surface area (Å²) in [4.78, 5) is 53.3. The summed E-state index contributed by atoms with van der Waals surface area (Å²) < 4.78 is 70.1. The molecule has 0 unspecified atom stereocenters. The van der Waals surface area contributed by atoms with E-state index < -0.39 is 79.6 Å². The molecule has 2 aliphatic rings. The molecule has 0 bridgehead atoms. The van der Waals surface area contributed by atoms with E-state index in [-0.39, 0.29) is 42.2 Å². The van der Waals surface area contributed by atoms with Crippen molar-refractivity contribution in [2.45, 2.75) is 76.7 Å². The smallest absolute Gasteiger partial charge is 0.433 e. The standard InChI is InChI=1S/C27H31F5N6O4/c1-25(2,3)38(24(41)42)17(13-37-15-26(28,29)8-6-20(37)39)11-21(40)36-10-7-18-19(14-36)34-23(16-5-4-9-33-12-16)35-22(18)27(30,31)32/h4-5,9,12,17H,6-8,10-11,13-15H2,1-3H3,(H,41,42)/t17-/m0/s1. The van der Waals surface area contributed by atoms with Crippen molar-refractivity contribution in [3.05, 3.63) is 41.5 Å². The van der Waals surface area contributed by atoms with E-state index in [0.29, 0.717) is 0 Å². The molecule has 2 aromatic rings. The number of hydrogen-bond acceptors (Lipinski definition) is 6. The Bertz CT molecular complexity index is 1350. The third kappa shape index (κ3) is 6.93. The Hall–Kier alpha value is -3.91. The largest absolute Gasteiger partial charge is 0.465 e. The van der Waals surface area contributed by atoms with E-state index in [1.54, 1.807) is 20.8 Å². The molecule has 1 N–H and O–H groups in total. The Balaban J connectivity index is 1.63. The molecular weight excluding hydrogens is 567 g/mol. The van der Waals surface area contributed by atoms with Crippen molar-refractivity contribution in [1.82, 2.24) is 29.7 Å². The minimum atomic E-state index is -4.78. The van der Waals surface area contributed by atoms with Gasteiger partial charge in [-0.25, -0.2) is 23.5 Å². The Kier molecular flexibility index (Phi) is 8.43. The maximum absolute atomic E-state index is 14.1. The van der Waals surface area contributed by atoms with E-state index in [2.05, 4.69) is 15.0 Å². The molecule has 4 heterocycles. The van der Waals surface area contributed by atoms with Crippen LogP contribution < -0.4 is 0 Å². The number of piperidine rings is 1. The molecule has 0 saturated carbocycles.